The van der Waals surface area contributed by atoms with Crippen molar-refractivity contribution in [2.24, 2.45) is 0 Å². The molecule has 3 heterocycles. The Morgan fingerprint density at radius 1 is 1.04 bits per heavy atom. The topological polar surface area (TPSA) is 79.3 Å². The molecular weight excluding hydrogens is 304 g/mol. The van der Waals surface area contributed by atoms with Crippen LogP contribution in [-0.4, -0.2) is 22.2 Å². The van der Waals surface area contributed by atoms with Gasteiger partial charge in [-0.25, -0.2) is 9.97 Å². The maximum atomic E-state index is 10.3. The Hall–Kier alpha value is -3.28. The molecule has 120 valence electrons. The minimum absolute atomic E-state index is 0.208. The van der Waals surface area contributed by atoms with E-state index in [1.165, 1.54) is 0 Å². The molecule has 1 atom stereocenters. The molecular formula is C18H16N4O2. The van der Waals surface area contributed by atoms with Gasteiger partial charge in [-0.3, -0.25) is 0 Å². The average molecular weight is 320 g/mol. The molecule has 0 radical (unpaired) electrons. The highest BCUT2D eigenvalue weighted by molar-refractivity contribution is 5.74. The van der Waals surface area contributed by atoms with E-state index in [2.05, 4.69) is 20.6 Å². The third-order valence-electron chi connectivity index (χ3n) is 4.00. The van der Waals surface area contributed by atoms with Crippen molar-refractivity contribution in [3.8, 4) is 22.8 Å². The molecule has 1 aliphatic rings. The summed E-state index contributed by atoms with van der Waals surface area (Å²) in [6.07, 6.45) is 3.16. The molecule has 0 aliphatic carbocycles. The zero-order valence-electron chi connectivity index (χ0n) is 13.0. The van der Waals surface area contributed by atoms with Crippen LogP contribution in [-0.2, 0) is 0 Å². The van der Waals surface area contributed by atoms with E-state index in [4.69, 9.17) is 4.74 Å². The van der Waals surface area contributed by atoms with Gasteiger partial charge in [0.05, 0.1) is 12.8 Å². The molecule has 2 aromatic heterocycles. The summed E-state index contributed by atoms with van der Waals surface area (Å²) in [4.78, 5) is 8.52. The number of nitrogens with one attached hydrogen (secondary N) is 2. The number of methoxy groups -OCH3 is 1. The number of ether oxygens (including phenoxy) is 1. The van der Waals surface area contributed by atoms with Gasteiger partial charge in [-0.15, -0.1) is 0 Å². The second-order valence-corrected chi connectivity index (χ2v) is 5.46. The summed E-state index contributed by atoms with van der Waals surface area (Å²) < 4.78 is 5.33. The van der Waals surface area contributed by atoms with E-state index >= 15 is 0 Å². The number of hydrogen-bond donors (Lipinski definition) is 3. The summed E-state index contributed by atoms with van der Waals surface area (Å²) >= 11 is 0. The number of nitrogens with zero attached hydrogens (tertiary/aromatic N) is 2. The molecule has 0 amide bonds. The van der Waals surface area contributed by atoms with Gasteiger partial charge in [-0.1, -0.05) is 6.07 Å². The minimum atomic E-state index is -0.252. The van der Waals surface area contributed by atoms with Gasteiger partial charge < -0.3 is 20.5 Å². The molecule has 0 saturated carbocycles. The Balaban J connectivity index is 1.73. The van der Waals surface area contributed by atoms with Crippen molar-refractivity contribution in [3.05, 3.63) is 60.4 Å². The number of aromatic hydroxyl groups is 1. The predicted octanol–water partition coefficient (Wildman–Crippen LogP) is 3.39. The fourth-order valence-corrected chi connectivity index (χ4v) is 2.85. The molecule has 1 aliphatic heterocycles. The fraction of sp³-hybridized carbons (Fsp3) is 0.111. The lowest BCUT2D eigenvalue weighted by Crippen LogP contribution is -2.12. The number of pyridine rings is 2. The standard InChI is InChI=1S/C18H16N4O2/c1-24-18-12(4-2-9-20-18)11-6-7-15(23)13(10-11)16-21-14-5-3-8-19-17(14)22-16/h2-10,16,21,23H,1H3,(H,19,22). The molecule has 3 N–H and O–H groups in total. The van der Waals surface area contributed by atoms with Crippen molar-refractivity contribution in [2.75, 3.05) is 17.7 Å². The van der Waals surface area contributed by atoms with E-state index in [9.17, 15) is 5.11 Å². The molecule has 0 bridgehead atoms. The number of phenolic OH excluding ortho intramolecular Hbond substituents is 1. The third-order valence-corrected chi connectivity index (χ3v) is 4.00. The Morgan fingerprint density at radius 3 is 2.71 bits per heavy atom. The zero-order chi connectivity index (χ0) is 16.5. The molecule has 6 heteroatoms. The van der Waals surface area contributed by atoms with E-state index in [0.717, 1.165) is 28.2 Å². The SMILES string of the molecule is COc1ncccc1-c1ccc(O)c(C2Nc3cccnc3N2)c1. The first kappa shape index (κ1) is 14.3. The molecule has 0 fully saturated rings. The molecule has 3 aromatic rings. The Labute approximate surface area is 139 Å². The summed E-state index contributed by atoms with van der Waals surface area (Å²) in [6.45, 7) is 0. The smallest absolute Gasteiger partial charge is 0.221 e. The van der Waals surface area contributed by atoms with Crippen molar-refractivity contribution >= 4 is 11.5 Å². The van der Waals surface area contributed by atoms with Gasteiger partial charge in [0.1, 0.15) is 11.9 Å². The molecule has 1 aromatic carbocycles. The maximum absolute atomic E-state index is 10.3. The van der Waals surface area contributed by atoms with Crippen molar-refractivity contribution in [2.45, 2.75) is 6.17 Å². The third kappa shape index (κ3) is 2.38. The van der Waals surface area contributed by atoms with Crippen LogP contribution in [0.25, 0.3) is 11.1 Å². The van der Waals surface area contributed by atoms with Crippen LogP contribution in [0.15, 0.2) is 54.9 Å². The van der Waals surface area contributed by atoms with E-state index < -0.39 is 0 Å². The molecule has 0 spiro atoms. The average Bonchev–Trinajstić information content (AvgIpc) is 3.06. The summed E-state index contributed by atoms with van der Waals surface area (Å²) in [5.74, 6) is 1.53. The van der Waals surface area contributed by atoms with Gasteiger partial charge in [0.2, 0.25) is 5.88 Å². The van der Waals surface area contributed by atoms with Crippen LogP contribution >= 0.6 is 0 Å². The molecule has 24 heavy (non-hydrogen) atoms. The number of benzene rings is 1. The molecule has 4 rings (SSSR count). The number of fused-ring (bicyclic) bond motifs is 1. The van der Waals surface area contributed by atoms with Crippen molar-refractivity contribution in [1.29, 1.82) is 0 Å². The van der Waals surface area contributed by atoms with Crippen LogP contribution in [0.4, 0.5) is 11.5 Å². The van der Waals surface area contributed by atoms with E-state index in [1.807, 2.05) is 36.4 Å². The lowest BCUT2D eigenvalue weighted by atomic mass is 10.0. The fourth-order valence-electron chi connectivity index (χ4n) is 2.85. The van der Waals surface area contributed by atoms with Gasteiger partial charge in [0.25, 0.3) is 0 Å². The van der Waals surface area contributed by atoms with Crippen LogP contribution in [0.5, 0.6) is 11.6 Å². The van der Waals surface area contributed by atoms with Crippen LogP contribution in [0.3, 0.4) is 0 Å². The summed E-state index contributed by atoms with van der Waals surface area (Å²) in [7, 11) is 1.59. The maximum Gasteiger partial charge on any atom is 0.221 e. The normalized spacial score (nSPS) is 15.3. The first-order valence-electron chi connectivity index (χ1n) is 7.56. The van der Waals surface area contributed by atoms with Gasteiger partial charge in [-0.2, -0.15) is 0 Å². The summed E-state index contributed by atoms with van der Waals surface area (Å²) in [5, 5.41) is 16.9. The van der Waals surface area contributed by atoms with E-state index in [1.54, 1.807) is 25.6 Å². The van der Waals surface area contributed by atoms with Gasteiger partial charge in [-0.05, 0) is 42.0 Å². The number of aromatic nitrogens is 2. The van der Waals surface area contributed by atoms with Crippen molar-refractivity contribution in [3.63, 3.8) is 0 Å². The highest BCUT2D eigenvalue weighted by Gasteiger charge is 2.24. The largest absolute Gasteiger partial charge is 0.508 e. The highest BCUT2D eigenvalue weighted by Crippen LogP contribution is 2.39. The number of phenols is 1. The van der Waals surface area contributed by atoms with Crippen LogP contribution in [0, 0.1) is 0 Å². The Bertz CT molecular complexity index is 873. The first-order chi connectivity index (χ1) is 11.8. The highest BCUT2D eigenvalue weighted by atomic mass is 16.5. The summed E-state index contributed by atoms with van der Waals surface area (Å²) in [6, 6.07) is 13.1. The van der Waals surface area contributed by atoms with Crippen LogP contribution < -0.4 is 15.4 Å². The number of rotatable bonds is 3. The van der Waals surface area contributed by atoms with Crippen molar-refractivity contribution in [1.82, 2.24) is 9.97 Å². The molecule has 6 nitrogen and oxygen atoms in total. The number of hydrogen-bond acceptors (Lipinski definition) is 6. The second-order valence-electron chi connectivity index (χ2n) is 5.46. The van der Waals surface area contributed by atoms with Crippen LogP contribution in [0.2, 0.25) is 0 Å². The zero-order valence-corrected chi connectivity index (χ0v) is 13.0. The van der Waals surface area contributed by atoms with Crippen molar-refractivity contribution < 1.29 is 9.84 Å². The Kier molecular flexibility index (Phi) is 3.42. The quantitative estimate of drug-likeness (QED) is 0.686. The Morgan fingerprint density at radius 2 is 1.88 bits per heavy atom. The number of anilines is 2. The van der Waals surface area contributed by atoms with Gasteiger partial charge >= 0.3 is 0 Å². The first-order valence-corrected chi connectivity index (χ1v) is 7.56. The second kappa shape index (κ2) is 5.73. The van der Waals surface area contributed by atoms with E-state index in [-0.39, 0.29) is 11.9 Å². The lowest BCUT2D eigenvalue weighted by molar-refractivity contribution is 0.399. The molecule has 0 saturated heterocycles. The van der Waals surface area contributed by atoms with Crippen LogP contribution in [0.1, 0.15) is 11.7 Å². The summed E-state index contributed by atoms with van der Waals surface area (Å²) in [5.41, 5.74) is 3.43. The predicted molar refractivity (Wildman–Crippen MR) is 92.1 cm³/mol. The monoisotopic (exact) mass is 320 g/mol. The van der Waals surface area contributed by atoms with Gasteiger partial charge in [0.15, 0.2) is 5.82 Å². The lowest BCUT2D eigenvalue weighted by Gasteiger charge is -2.16. The van der Waals surface area contributed by atoms with E-state index in [0.29, 0.717) is 5.88 Å². The molecule has 1 unspecified atom stereocenters. The van der Waals surface area contributed by atoms with Gasteiger partial charge in [0, 0.05) is 23.5 Å². The minimum Gasteiger partial charge on any atom is -0.508 e.